The molecule has 3 heterocycles. The maximum Gasteiger partial charge on any atom is 0.420 e. The number of para-hydroxylation sites is 2. The van der Waals surface area contributed by atoms with Crippen LogP contribution in [0.15, 0.2) is 33.5 Å². The second kappa shape index (κ2) is 7.10. The maximum absolute atomic E-state index is 12.6. The highest BCUT2D eigenvalue weighted by Gasteiger charge is 2.34. The van der Waals surface area contributed by atoms with Gasteiger partial charge >= 0.3 is 5.76 Å². The first-order chi connectivity index (χ1) is 13.0. The average molecular weight is 394 g/mol. The summed E-state index contributed by atoms with van der Waals surface area (Å²) in [5.41, 5.74) is 1.02. The van der Waals surface area contributed by atoms with Gasteiger partial charge in [-0.15, -0.1) is 0 Å². The van der Waals surface area contributed by atoms with Crippen molar-refractivity contribution in [1.82, 2.24) is 18.1 Å². The van der Waals surface area contributed by atoms with Crippen LogP contribution in [-0.2, 0) is 21.5 Å². The molecule has 1 aromatic carbocycles. The molecule has 0 aliphatic carbocycles. The van der Waals surface area contributed by atoms with Crippen molar-refractivity contribution >= 4 is 27.2 Å². The minimum Gasteiger partial charge on any atom is -0.408 e. The number of aromatic nitrogens is 1. The molecule has 4 rings (SSSR count). The molecule has 0 atom stereocenters. The third-order valence-electron chi connectivity index (χ3n) is 5.18. The zero-order valence-corrected chi connectivity index (χ0v) is 15.7. The number of carbonyl (C=O) groups excluding carboxylic acids is 1. The van der Waals surface area contributed by atoms with E-state index in [2.05, 4.69) is 0 Å². The standard InChI is InChI=1S/C17H22N4O5S/c22-16(13-21-14-5-1-2-6-15(14)26-17(21)23)18-9-11-20(12-10-18)27(24,25)19-7-3-4-8-19/h1-2,5-6H,3-4,7-13H2. The van der Waals surface area contributed by atoms with Crippen LogP contribution in [0.4, 0.5) is 0 Å². The third kappa shape index (κ3) is 3.40. The zero-order valence-electron chi connectivity index (χ0n) is 14.9. The number of piperazine rings is 1. The molecule has 9 nitrogen and oxygen atoms in total. The van der Waals surface area contributed by atoms with Gasteiger partial charge in [0, 0.05) is 39.3 Å². The van der Waals surface area contributed by atoms with Gasteiger partial charge in [0.1, 0.15) is 6.54 Å². The Kier molecular flexibility index (Phi) is 4.79. The highest BCUT2D eigenvalue weighted by atomic mass is 32.2. The Morgan fingerprint density at radius 1 is 0.963 bits per heavy atom. The van der Waals surface area contributed by atoms with Crippen LogP contribution in [0, 0.1) is 0 Å². The summed E-state index contributed by atoms with van der Waals surface area (Å²) in [6, 6.07) is 6.95. The fourth-order valence-corrected chi connectivity index (χ4v) is 5.32. The molecule has 0 radical (unpaired) electrons. The summed E-state index contributed by atoms with van der Waals surface area (Å²) in [7, 11) is -3.44. The highest BCUT2D eigenvalue weighted by Crippen LogP contribution is 2.18. The zero-order chi connectivity index (χ0) is 19.0. The first-order valence-electron chi connectivity index (χ1n) is 9.08. The summed E-state index contributed by atoms with van der Waals surface area (Å²) in [6.07, 6.45) is 1.79. The summed E-state index contributed by atoms with van der Waals surface area (Å²) < 4.78 is 34.6. The SMILES string of the molecule is O=C(Cn1c(=O)oc2ccccc21)N1CCN(S(=O)(=O)N2CCCC2)CC1. The van der Waals surface area contributed by atoms with Crippen molar-refractivity contribution in [2.45, 2.75) is 19.4 Å². The van der Waals surface area contributed by atoms with E-state index in [9.17, 15) is 18.0 Å². The lowest BCUT2D eigenvalue weighted by molar-refractivity contribution is -0.133. The van der Waals surface area contributed by atoms with E-state index in [1.54, 1.807) is 29.2 Å². The second-order valence-corrected chi connectivity index (χ2v) is 8.74. The number of carbonyl (C=O) groups is 1. The summed E-state index contributed by atoms with van der Waals surface area (Å²) in [5, 5.41) is 0. The van der Waals surface area contributed by atoms with Crippen LogP contribution in [0.2, 0.25) is 0 Å². The molecule has 0 bridgehead atoms. The maximum atomic E-state index is 12.6. The number of amides is 1. The molecular formula is C17H22N4O5S. The second-order valence-electron chi connectivity index (χ2n) is 6.82. The van der Waals surface area contributed by atoms with Crippen molar-refractivity contribution in [3.63, 3.8) is 0 Å². The van der Waals surface area contributed by atoms with Gasteiger partial charge in [0.15, 0.2) is 5.58 Å². The van der Waals surface area contributed by atoms with Gasteiger partial charge in [-0.2, -0.15) is 17.0 Å². The van der Waals surface area contributed by atoms with Gasteiger partial charge in [0.2, 0.25) is 5.91 Å². The Labute approximate surface area is 156 Å². The molecule has 10 heteroatoms. The van der Waals surface area contributed by atoms with E-state index >= 15 is 0 Å². The molecule has 0 spiro atoms. The number of hydrogen-bond donors (Lipinski definition) is 0. The lowest BCUT2D eigenvalue weighted by Crippen LogP contribution is -2.54. The molecule has 1 aromatic heterocycles. The molecule has 2 fully saturated rings. The fraction of sp³-hybridized carbons (Fsp3) is 0.529. The Hall–Kier alpha value is -2.17. The third-order valence-corrected chi connectivity index (χ3v) is 7.21. The van der Waals surface area contributed by atoms with Crippen molar-refractivity contribution in [3.05, 3.63) is 34.8 Å². The van der Waals surface area contributed by atoms with Crippen LogP contribution >= 0.6 is 0 Å². The Morgan fingerprint density at radius 2 is 1.59 bits per heavy atom. The van der Waals surface area contributed by atoms with E-state index in [4.69, 9.17) is 4.42 Å². The van der Waals surface area contributed by atoms with Gasteiger partial charge in [-0.1, -0.05) is 12.1 Å². The van der Waals surface area contributed by atoms with Gasteiger partial charge < -0.3 is 9.32 Å². The van der Waals surface area contributed by atoms with Crippen LogP contribution in [0.5, 0.6) is 0 Å². The lowest BCUT2D eigenvalue weighted by Gasteiger charge is -2.35. The number of benzene rings is 1. The van der Waals surface area contributed by atoms with Gasteiger partial charge in [0.05, 0.1) is 5.52 Å². The number of nitrogens with zero attached hydrogens (tertiary/aromatic N) is 4. The van der Waals surface area contributed by atoms with Gasteiger partial charge in [0.25, 0.3) is 10.2 Å². The summed E-state index contributed by atoms with van der Waals surface area (Å²) in [5.74, 6) is -0.790. The van der Waals surface area contributed by atoms with Gasteiger partial charge in [-0.25, -0.2) is 4.79 Å². The average Bonchev–Trinajstić information content (AvgIpc) is 3.31. The minimum absolute atomic E-state index is 0.116. The molecule has 146 valence electrons. The van der Waals surface area contributed by atoms with Gasteiger partial charge in [-0.3, -0.25) is 9.36 Å². The van der Waals surface area contributed by atoms with E-state index < -0.39 is 16.0 Å². The van der Waals surface area contributed by atoms with Crippen LogP contribution in [-0.4, -0.2) is 71.7 Å². The van der Waals surface area contributed by atoms with Crippen LogP contribution in [0.25, 0.3) is 11.1 Å². The minimum atomic E-state index is -3.44. The number of oxazole rings is 1. The fourth-order valence-electron chi connectivity index (χ4n) is 3.65. The predicted octanol–water partition coefficient (Wildman–Crippen LogP) is 0.0793. The van der Waals surface area contributed by atoms with Crippen molar-refractivity contribution < 1.29 is 17.6 Å². The molecule has 2 aromatic rings. The molecule has 1 amide bonds. The monoisotopic (exact) mass is 394 g/mol. The molecule has 2 aliphatic heterocycles. The molecule has 0 saturated carbocycles. The van der Waals surface area contributed by atoms with E-state index in [0.29, 0.717) is 37.3 Å². The molecule has 2 saturated heterocycles. The Bertz CT molecular complexity index is 998. The summed E-state index contributed by atoms with van der Waals surface area (Å²) >= 11 is 0. The molecule has 0 N–H and O–H groups in total. The first kappa shape index (κ1) is 18.2. The molecule has 2 aliphatic rings. The van der Waals surface area contributed by atoms with Crippen molar-refractivity contribution in [2.24, 2.45) is 0 Å². The van der Waals surface area contributed by atoms with Gasteiger partial charge in [-0.05, 0) is 25.0 Å². The molecular weight excluding hydrogens is 372 g/mol. The van der Waals surface area contributed by atoms with E-state index in [-0.39, 0.29) is 25.5 Å². The largest absolute Gasteiger partial charge is 0.420 e. The van der Waals surface area contributed by atoms with Crippen molar-refractivity contribution in [3.8, 4) is 0 Å². The smallest absolute Gasteiger partial charge is 0.408 e. The lowest BCUT2D eigenvalue weighted by atomic mass is 10.3. The topological polar surface area (TPSA) is 96.1 Å². The summed E-state index contributed by atoms with van der Waals surface area (Å²) in [6.45, 7) is 2.19. The van der Waals surface area contributed by atoms with E-state index in [1.165, 1.54) is 13.2 Å². The van der Waals surface area contributed by atoms with E-state index in [0.717, 1.165) is 12.8 Å². The molecule has 27 heavy (non-hydrogen) atoms. The Balaban J connectivity index is 1.41. The van der Waals surface area contributed by atoms with Crippen LogP contribution < -0.4 is 5.76 Å². The number of hydrogen-bond acceptors (Lipinski definition) is 5. The van der Waals surface area contributed by atoms with E-state index in [1.807, 2.05) is 0 Å². The first-order valence-corrected chi connectivity index (χ1v) is 10.5. The summed E-state index contributed by atoms with van der Waals surface area (Å²) in [4.78, 5) is 26.2. The predicted molar refractivity (Wildman–Crippen MR) is 98.4 cm³/mol. The van der Waals surface area contributed by atoms with Crippen LogP contribution in [0.3, 0.4) is 0 Å². The number of fused-ring (bicyclic) bond motifs is 1. The van der Waals surface area contributed by atoms with Crippen molar-refractivity contribution in [2.75, 3.05) is 39.3 Å². The van der Waals surface area contributed by atoms with Crippen molar-refractivity contribution in [1.29, 1.82) is 0 Å². The van der Waals surface area contributed by atoms with Crippen LogP contribution in [0.1, 0.15) is 12.8 Å². The number of rotatable bonds is 4. The highest BCUT2D eigenvalue weighted by molar-refractivity contribution is 7.86. The quantitative estimate of drug-likeness (QED) is 0.732. The Morgan fingerprint density at radius 3 is 2.30 bits per heavy atom. The normalized spacial score (nSPS) is 19.8. The molecule has 0 unspecified atom stereocenters.